The van der Waals surface area contributed by atoms with E-state index in [1.54, 1.807) is 6.20 Å². The summed E-state index contributed by atoms with van der Waals surface area (Å²) >= 11 is 0. The SMILES string of the molecule is CC(=O)N(CCN)C(=O)NC=C1CCCCC1. The van der Waals surface area contributed by atoms with Gasteiger partial charge in [0.1, 0.15) is 0 Å². The average molecular weight is 239 g/mol. The summed E-state index contributed by atoms with van der Waals surface area (Å²) in [4.78, 5) is 24.1. The van der Waals surface area contributed by atoms with Crippen molar-refractivity contribution in [2.24, 2.45) is 5.73 Å². The largest absolute Gasteiger partial charge is 0.329 e. The topological polar surface area (TPSA) is 75.4 Å². The van der Waals surface area contributed by atoms with Crippen molar-refractivity contribution in [1.29, 1.82) is 0 Å². The highest BCUT2D eigenvalue weighted by molar-refractivity contribution is 5.93. The lowest BCUT2D eigenvalue weighted by atomic mass is 9.96. The Bertz CT molecular complexity index is 305. The third kappa shape index (κ3) is 4.56. The van der Waals surface area contributed by atoms with E-state index in [-0.39, 0.29) is 25.0 Å². The predicted octanol–water partition coefficient (Wildman–Crippen LogP) is 1.35. The van der Waals surface area contributed by atoms with E-state index in [0.717, 1.165) is 17.7 Å². The Morgan fingerprint density at radius 1 is 1.35 bits per heavy atom. The zero-order chi connectivity index (χ0) is 12.7. The fourth-order valence-corrected chi connectivity index (χ4v) is 1.92. The Morgan fingerprint density at radius 2 is 2.00 bits per heavy atom. The van der Waals surface area contributed by atoms with Crippen LogP contribution in [0.15, 0.2) is 11.8 Å². The molecule has 0 atom stereocenters. The normalized spacial score (nSPS) is 15.3. The lowest BCUT2D eigenvalue weighted by Gasteiger charge is -2.19. The minimum absolute atomic E-state index is 0.254. The van der Waals surface area contributed by atoms with Crippen LogP contribution in [0, 0.1) is 0 Å². The van der Waals surface area contributed by atoms with Crippen LogP contribution in [0.5, 0.6) is 0 Å². The van der Waals surface area contributed by atoms with Crippen molar-refractivity contribution >= 4 is 11.9 Å². The molecule has 1 aliphatic rings. The Balaban J connectivity index is 2.48. The summed E-state index contributed by atoms with van der Waals surface area (Å²) in [7, 11) is 0. The van der Waals surface area contributed by atoms with E-state index in [0.29, 0.717) is 0 Å². The van der Waals surface area contributed by atoms with E-state index in [1.807, 2.05) is 0 Å². The van der Waals surface area contributed by atoms with Crippen LogP contribution in [0.3, 0.4) is 0 Å². The molecule has 0 saturated heterocycles. The Morgan fingerprint density at radius 3 is 2.53 bits per heavy atom. The monoisotopic (exact) mass is 239 g/mol. The zero-order valence-electron chi connectivity index (χ0n) is 10.4. The van der Waals surface area contributed by atoms with Gasteiger partial charge in [0.2, 0.25) is 5.91 Å². The van der Waals surface area contributed by atoms with Gasteiger partial charge in [-0.3, -0.25) is 9.69 Å². The maximum absolute atomic E-state index is 11.7. The van der Waals surface area contributed by atoms with E-state index in [4.69, 9.17) is 5.73 Å². The van der Waals surface area contributed by atoms with Crippen LogP contribution in [-0.2, 0) is 4.79 Å². The second-order valence-electron chi connectivity index (χ2n) is 4.27. The van der Waals surface area contributed by atoms with Crippen LogP contribution in [0.2, 0.25) is 0 Å². The van der Waals surface area contributed by atoms with Gasteiger partial charge < -0.3 is 11.1 Å². The molecule has 0 aliphatic heterocycles. The fourth-order valence-electron chi connectivity index (χ4n) is 1.92. The van der Waals surface area contributed by atoms with Crippen molar-refractivity contribution in [2.75, 3.05) is 13.1 Å². The number of hydrogen-bond acceptors (Lipinski definition) is 3. The molecule has 3 N–H and O–H groups in total. The number of nitrogens with one attached hydrogen (secondary N) is 1. The number of urea groups is 1. The van der Waals surface area contributed by atoms with Gasteiger partial charge in [-0.25, -0.2) is 4.79 Å². The van der Waals surface area contributed by atoms with E-state index in [2.05, 4.69) is 5.32 Å². The number of carbonyl (C=O) groups is 2. The molecule has 96 valence electrons. The minimum atomic E-state index is -0.388. The smallest absolute Gasteiger partial charge is 0.328 e. The standard InChI is InChI=1S/C12H21N3O2/c1-10(16)15(8-7-13)12(17)14-9-11-5-3-2-4-6-11/h9H,2-8,13H2,1H3,(H,14,17). The summed E-state index contributed by atoms with van der Waals surface area (Å²) in [5.41, 5.74) is 6.61. The molecule has 0 aromatic heterocycles. The van der Waals surface area contributed by atoms with Crippen molar-refractivity contribution in [1.82, 2.24) is 10.2 Å². The maximum atomic E-state index is 11.7. The first-order valence-corrected chi connectivity index (χ1v) is 6.11. The Labute approximate surface area is 102 Å². The first-order valence-electron chi connectivity index (χ1n) is 6.11. The van der Waals surface area contributed by atoms with Gasteiger partial charge in [-0.2, -0.15) is 0 Å². The second-order valence-corrected chi connectivity index (χ2v) is 4.27. The molecule has 17 heavy (non-hydrogen) atoms. The molecule has 1 fully saturated rings. The lowest BCUT2D eigenvalue weighted by Crippen LogP contribution is -2.43. The number of nitrogens with two attached hydrogens (primary N) is 1. The average Bonchev–Trinajstić information content (AvgIpc) is 2.34. The van der Waals surface area contributed by atoms with Crippen molar-refractivity contribution < 1.29 is 9.59 Å². The molecule has 5 heteroatoms. The van der Waals surface area contributed by atoms with Crippen molar-refractivity contribution in [3.05, 3.63) is 11.8 Å². The van der Waals surface area contributed by atoms with Crippen LogP contribution < -0.4 is 11.1 Å². The summed E-state index contributed by atoms with van der Waals surface area (Å²) in [6.45, 7) is 1.90. The molecule has 1 rings (SSSR count). The number of imide groups is 1. The molecule has 0 aromatic rings. The molecule has 1 aliphatic carbocycles. The van der Waals surface area contributed by atoms with Crippen LogP contribution in [0.25, 0.3) is 0 Å². The van der Waals surface area contributed by atoms with Gasteiger partial charge in [-0.15, -0.1) is 0 Å². The number of carbonyl (C=O) groups excluding carboxylic acids is 2. The van der Waals surface area contributed by atoms with Gasteiger partial charge in [0.25, 0.3) is 0 Å². The van der Waals surface area contributed by atoms with Crippen LogP contribution >= 0.6 is 0 Å². The molecule has 0 radical (unpaired) electrons. The quantitative estimate of drug-likeness (QED) is 0.780. The molecule has 0 unspecified atom stereocenters. The number of nitrogens with zero attached hydrogens (tertiary/aromatic N) is 1. The molecule has 0 spiro atoms. The molecular weight excluding hydrogens is 218 g/mol. The maximum Gasteiger partial charge on any atom is 0.328 e. The van der Waals surface area contributed by atoms with Gasteiger partial charge in [-0.1, -0.05) is 12.0 Å². The highest BCUT2D eigenvalue weighted by atomic mass is 16.2. The number of rotatable bonds is 3. The zero-order valence-corrected chi connectivity index (χ0v) is 10.4. The van der Waals surface area contributed by atoms with Crippen LogP contribution in [-0.4, -0.2) is 29.9 Å². The molecular formula is C12H21N3O2. The summed E-state index contributed by atoms with van der Waals surface area (Å²) in [6.07, 6.45) is 7.45. The Hall–Kier alpha value is -1.36. The molecule has 3 amide bonds. The van der Waals surface area contributed by atoms with Gasteiger partial charge in [-0.05, 0) is 25.7 Å². The summed E-state index contributed by atoms with van der Waals surface area (Å²) in [5.74, 6) is -0.282. The second kappa shape index (κ2) is 7.06. The van der Waals surface area contributed by atoms with Gasteiger partial charge >= 0.3 is 6.03 Å². The van der Waals surface area contributed by atoms with Crippen molar-refractivity contribution in [3.8, 4) is 0 Å². The molecule has 1 saturated carbocycles. The Kier molecular flexibility index (Phi) is 5.69. The van der Waals surface area contributed by atoms with E-state index < -0.39 is 0 Å². The van der Waals surface area contributed by atoms with E-state index >= 15 is 0 Å². The van der Waals surface area contributed by atoms with E-state index in [9.17, 15) is 9.59 Å². The van der Waals surface area contributed by atoms with Crippen LogP contribution in [0.1, 0.15) is 39.0 Å². The third-order valence-electron chi connectivity index (χ3n) is 2.87. The summed E-state index contributed by atoms with van der Waals surface area (Å²) < 4.78 is 0. The first kappa shape index (κ1) is 13.7. The fraction of sp³-hybridized carbons (Fsp3) is 0.667. The van der Waals surface area contributed by atoms with Crippen molar-refractivity contribution in [2.45, 2.75) is 39.0 Å². The summed E-state index contributed by atoms with van der Waals surface area (Å²) in [5, 5.41) is 2.67. The highest BCUT2D eigenvalue weighted by Gasteiger charge is 2.16. The third-order valence-corrected chi connectivity index (χ3v) is 2.87. The number of amides is 3. The van der Waals surface area contributed by atoms with Gasteiger partial charge in [0.15, 0.2) is 0 Å². The van der Waals surface area contributed by atoms with Gasteiger partial charge in [0.05, 0.1) is 0 Å². The molecule has 0 bridgehead atoms. The molecule has 0 heterocycles. The first-order chi connectivity index (χ1) is 8.15. The lowest BCUT2D eigenvalue weighted by molar-refractivity contribution is -0.125. The predicted molar refractivity (Wildman–Crippen MR) is 66.1 cm³/mol. The van der Waals surface area contributed by atoms with Crippen molar-refractivity contribution in [3.63, 3.8) is 0 Å². The minimum Gasteiger partial charge on any atom is -0.329 e. The highest BCUT2D eigenvalue weighted by Crippen LogP contribution is 2.21. The summed E-state index contributed by atoms with van der Waals surface area (Å²) in [6, 6.07) is -0.388. The number of allylic oxidation sites excluding steroid dienone is 1. The van der Waals surface area contributed by atoms with Crippen LogP contribution in [0.4, 0.5) is 4.79 Å². The van der Waals surface area contributed by atoms with E-state index in [1.165, 1.54) is 31.8 Å². The number of hydrogen-bond donors (Lipinski definition) is 2. The van der Waals surface area contributed by atoms with Gasteiger partial charge in [0, 0.05) is 26.2 Å². The molecule has 5 nitrogen and oxygen atoms in total. The molecule has 0 aromatic carbocycles.